The quantitative estimate of drug-likeness (QED) is 0.265. The molecule has 1 saturated carbocycles. The van der Waals surface area contributed by atoms with Crippen molar-refractivity contribution >= 4 is 0 Å². The van der Waals surface area contributed by atoms with Gasteiger partial charge in [-0.15, -0.1) is 0 Å². The Kier molecular flexibility index (Phi) is 5.53. The fourth-order valence-corrected chi connectivity index (χ4v) is 7.60. The number of aryl methyl sites for hydroxylation is 5. The zero-order valence-electron chi connectivity index (χ0n) is 23.7. The Balaban J connectivity index is 1.57. The van der Waals surface area contributed by atoms with Gasteiger partial charge in [0, 0.05) is 5.41 Å². The molecule has 0 N–H and O–H groups in total. The molecular formula is C37H40. The van der Waals surface area contributed by atoms with Crippen LogP contribution in [0.3, 0.4) is 0 Å². The topological polar surface area (TPSA) is 0 Å². The standard InChI is InChI=1S/C37H40/c1-23-19-26(4)35(27(5)20-23)29-12-14-31-30-13-11-28(34-24(2)9-8-10-25(34)3)21-32(30)37(33(31)22-29)17-15-36(6,7)16-18-37/h8-14,19-22H,15-18H2,1-7H3. The Bertz CT molecular complexity index is 1490. The van der Waals surface area contributed by atoms with E-state index in [9.17, 15) is 0 Å². The molecule has 0 saturated heterocycles. The van der Waals surface area contributed by atoms with Gasteiger partial charge < -0.3 is 0 Å². The van der Waals surface area contributed by atoms with E-state index in [-0.39, 0.29) is 5.41 Å². The van der Waals surface area contributed by atoms with Gasteiger partial charge >= 0.3 is 0 Å². The third-order valence-electron chi connectivity index (χ3n) is 9.55. The van der Waals surface area contributed by atoms with Crippen LogP contribution in [0.25, 0.3) is 33.4 Å². The molecule has 2 aliphatic carbocycles. The predicted molar refractivity (Wildman–Crippen MR) is 159 cm³/mol. The molecule has 0 aromatic heterocycles. The summed E-state index contributed by atoms with van der Waals surface area (Å²) in [5, 5.41) is 0. The molecule has 0 bridgehead atoms. The Morgan fingerprint density at radius 1 is 0.514 bits per heavy atom. The van der Waals surface area contributed by atoms with E-state index in [1.807, 2.05) is 0 Å². The highest BCUT2D eigenvalue weighted by atomic mass is 14.5. The molecule has 1 spiro atoms. The minimum Gasteiger partial charge on any atom is -0.0617 e. The van der Waals surface area contributed by atoms with E-state index in [0.29, 0.717) is 5.41 Å². The SMILES string of the molecule is Cc1cc(C)c(-c2ccc3c(c2)C2(CCC(C)(C)CC2)c2cc(-c4c(C)cccc4C)ccc2-3)c(C)c1. The highest BCUT2D eigenvalue weighted by Gasteiger charge is 2.47. The Hall–Kier alpha value is -3.12. The number of fused-ring (bicyclic) bond motifs is 5. The number of benzene rings is 4. The van der Waals surface area contributed by atoms with Gasteiger partial charge in [0.25, 0.3) is 0 Å². The van der Waals surface area contributed by atoms with Crippen LogP contribution in [0.4, 0.5) is 0 Å². The lowest BCUT2D eigenvalue weighted by molar-refractivity contribution is 0.188. The molecule has 188 valence electrons. The van der Waals surface area contributed by atoms with Crippen molar-refractivity contribution in [1.29, 1.82) is 0 Å². The maximum atomic E-state index is 2.57. The summed E-state index contributed by atoms with van der Waals surface area (Å²) in [7, 11) is 0. The maximum absolute atomic E-state index is 2.57. The van der Waals surface area contributed by atoms with E-state index in [1.165, 1.54) is 86.9 Å². The van der Waals surface area contributed by atoms with Crippen LogP contribution in [0.15, 0.2) is 66.7 Å². The second kappa shape index (κ2) is 8.45. The van der Waals surface area contributed by atoms with Crippen LogP contribution < -0.4 is 0 Å². The zero-order valence-corrected chi connectivity index (χ0v) is 23.7. The lowest BCUT2D eigenvalue weighted by Crippen LogP contribution is -2.34. The molecule has 0 heterocycles. The van der Waals surface area contributed by atoms with Crippen molar-refractivity contribution in [2.75, 3.05) is 0 Å². The summed E-state index contributed by atoms with van der Waals surface area (Å²) in [6, 6.07) is 26.1. The van der Waals surface area contributed by atoms with Crippen LogP contribution in [0.5, 0.6) is 0 Å². The van der Waals surface area contributed by atoms with Crippen molar-refractivity contribution < 1.29 is 0 Å². The molecule has 0 aliphatic heterocycles. The highest BCUT2D eigenvalue weighted by molar-refractivity contribution is 5.87. The average molecular weight is 485 g/mol. The van der Waals surface area contributed by atoms with Crippen molar-refractivity contribution in [3.8, 4) is 33.4 Å². The minimum atomic E-state index is 0.106. The zero-order chi connectivity index (χ0) is 26.1. The molecule has 37 heavy (non-hydrogen) atoms. The molecule has 0 amide bonds. The van der Waals surface area contributed by atoms with Gasteiger partial charge in [0.05, 0.1) is 0 Å². The van der Waals surface area contributed by atoms with Gasteiger partial charge in [-0.2, -0.15) is 0 Å². The summed E-state index contributed by atoms with van der Waals surface area (Å²) in [5.41, 5.74) is 18.9. The van der Waals surface area contributed by atoms with E-state index in [4.69, 9.17) is 0 Å². The molecule has 0 nitrogen and oxygen atoms in total. The molecular weight excluding hydrogens is 444 g/mol. The van der Waals surface area contributed by atoms with E-state index < -0.39 is 0 Å². The fourth-order valence-electron chi connectivity index (χ4n) is 7.60. The second-order valence-corrected chi connectivity index (χ2v) is 12.8. The van der Waals surface area contributed by atoms with Crippen molar-refractivity contribution in [2.24, 2.45) is 5.41 Å². The molecule has 6 rings (SSSR count). The first-order valence-corrected chi connectivity index (χ1v) is 14.0. The van der Waals surface area contributed by atoms with E-state index in [0.717, 1.165) is 0 Å². The second-order valence-electron chi connectivity index (χ2n) is 12.8. The van der Waals surface area contributed by atoms with Gasteiger partial charge in [-0.25, -0.2) is 0 Å². The first kappa shape index (κ1) is 24.2. The molecule has 4 aromatic rings. The average Bonchev–Trinajstić information content (AvgIpc) is 3.09. The molecule has 4 aromatic carbocycles. The summed E-state index contributed by atoms with van der Waals surface area (Å²) in [6.07, 6.45) is 5.00. The Morgan fingerprint density at radius 3 is 1.46 bits per heavy atom. The predicted octanol–water partition coefficient (Wildman–Crippen LogP) is 10.4. The third kappa shape index (κ3) is 3.80. The molecule has 0 atom stereocenters. The van der Waals surface area contributed by atoms with Gasteiger partial charge in [-0.1, -0.05) is 74.0 Å². The van der Waals surface area contributed by atoms with Crippen molar-refractivity contribution in [1.82, 2.24) is 0 Å². The summed E-state index contributed by atoms with van der Waals surface area (Å²) in [5.74, 6) is 0. The lowest BCUT2D eigenvalue weighted by atomic mass is 9.61. The molecule has 1 fully saturated rings. The fraction of sp³-hybridized carbons (Fsp3) is 0.351. The van der Waals surface area contributed by atoms with Crippen LogP contribution in [0, 0.1) is 40.0 Å². The molecule has 2 aliphatic rings. The van der Waals surface area contributed by atoms with E-state index in [1.54, 1.807) is 11.1 Å². The highest BCUT2D eigenvalue weighted by Crippen LogP contribution is 2.59. The van der Waals surface area contributed by atoms with Crippen LogP contribution in [-0.2, 0) is 5.41 Å². The Morgan fingerprint density at radius 2 is 0.973 bits per heavy atom. The minimum absolute atomic E-state index is 0.106. The monoisotopic (exact) mass is 484 g/mol. The first-order chi connectivity index (χ1) is 17.6. The summed E-state index contributed by atoms with van der Waals surface area (Å²) >= 11 is 0. The van der Waals surface area contributed by atoms with Gasteiger partial charge in [-0.05, 0) is 145 Å². The number of hydrogen-bond acceptors (Lipinski definition) is 0. The summed E-state index contributed by atoms with van der Waals surface area (Å²) in [4.78, 5) is 0. The van der Waals surface area contributed by atoms with Gasteiger partial charge in [0.2, 0.25) is 0 Å². The van der Waals surface area contributed by atoms with Crippen molar-refractivity contribution in [3.05, 3.63) is 106 Å². The first-order valence-electron chi connectivity index (χ1n) is 14.0. The van der Waals surface area contributed by atoms with E-state index in [2.05, 4.69) is 115 Å². The largest absolute Gasteiger partial charge is 0.0617 e. The van der Waals surface area contributed by atoms with Gasteiger partial charge in [0.15, 0.2) is 0 Å². The number of rotatable bonds is 2. The summed E-state index contributed by atoms with van der Waals surface area (Å²) in [6.45, 7) is 16.2. The Labute approximate surface area is 223 Å². The van der Waals surface area contributed by atoms with Crippen LogP contribution in [0.1, 0.15) is 78.5 Å². The summed E-state index contributed by atoms with van der Waals surface area (Å²) < 4.78 is 0. The lowest BCUT2D eigenvalue weighted by Gasteiger charge is -2.43. The van der Waals surface area contributed by atoms with E-state index >= 15 is 0 Å². The molecule has 0 heteroatoms. The van der Waals surface area contributed by atoms with Crippen LogP contribution in [-0.4, -0.2) is 0 Å². The van der Waals surface area contributed by atoms with Gasteiger partial charge in [0.1, 0.15) is 0 Å². The number of hydrogen-bond donors (Lipinski definition) is 0. The van der Waals surface area contributed by atoms with Crippen molar-refractivity contribution in [2.45, 2.75) is 79.6 Å². The van der Waals surface area contributed by atoms with Crippen LogP contribution in [0.2, 0.25) is 0 Å². The van der Waals surface area contributed by atoms with Crippen molar-refractivity contribution in [3.63, 3.8) is 0 Å². The molecule has 0 radical (unpaired) electrons. The smallest absolute Gasteiger partial charge is 0.0216 e. The van der Waals surface area contributed by atoms with Gasteiger partial charge in [-0.3, -0.25) is 0 Å². The third-order valence-corrected chi connectivity index (χ3v) is 9.55. The molecule has 0 unspecified atom stereocenters. The maximum Gasteiger partial charge on any atom is 0.0216 e. The van der Waals surface area contributed by atoms with Crippen LogP contribution >= 0.6 is 0 Å². The normalized spacial score (nSPS) is 17.1.